The molecule has 1 saturated heterocycles. The molecule has 2 rings (SSSR count). The van der Waals surface area contributed by atoms with E-state index in [1.54, 1.807) is 0 Å². The lowest BCUT2D eigenvalue weighted by atomic mass is 9.99. The molecular weight excluding hydrogens is 300 g/mol. The van der Waals surface area contributed by atoms with Crippen molar-refractivity contribution in [3.63, 3.8) is 0 Å². The number of pyridine rings is 1. The Balaban J connectivity index is 0.00000242. The van der Waals surface area contributed by atoms with Gasteiger partial charge in [0, 0.05) is 25.8 Å². The largest absolute Gasteiger partial charge is 0.357 e. The van der Waals surface area contributed by atoms with Crippen LogP contribution in [0.5, 0.6) is 0 Å². The van der Waals surface area contributed by atoms with Crippen LogP contribution >= 0.6 is 12.4 Å². The second kappa shape index (κ2) is 8.96. The Labute approximate surface area is 139 Å². The molecule has 1 aromatic heterocycles. The van der Waals surface area contributed by atoms with Crippen LogP contribution in [0.1, 0.15) is 38.7 Å². The third kappa shape index (κ3) is 4.85. The number of hydrogen-bond acceptors (Lipinski definition) is 4. The van der Waals surface area contributed by atoms with Crippen molar-refractivity contribution in [2.45, 2.75) is 45.7 Å². The van der Waals surface area contributed by atoms with Crippen LogP contribution in [0.15, 0.2) is 18.3 Å². The fourth-order valence-electron chi connectivity index (χ4n) is 2.47. The molecule has 1 fully saturated rings. The predicted molar refractivity (Wildman–Crippen MR) is 92.2 cm³/mol. The van der Waals surface area contributed by atoms with E-state index in [1.807, 2.05) is 32.2 Å². The molecule has 0 aromatic carbocycles. The van der Waals surface area contributed by atoms with Gasteiger partial charge in [0.05, 0.1) is 6.04 Å². The molecular formula is C16H27ClN4O. The third-order valence-corrected chi connectivity index (χ3v) is 4.27. The van der Waals surface area contributed by atoms with Crippen molar-refractivity contribution in [1.82, 2.24) is 10.3 Å². The Morgan fingerprint density at radius 3 is 2.64 bits per heavy atom. The van der Waals surface area contributed by atoms with E-state index >= 15 is 0 Å². The summed E-state index contributed by atoms with van der Waals surface area (Å²) >= 11 is 0. The van der Waals surface area contributed by atoms with Gasteiger partial charge >= 0.3 is 0 Å². The number of nitrogens with one attached hydrogen (secondary N) is 1. The fraction of sp³-hybridized carbons (Fsp3) is 0.625. The molecule has 2 unspecified atom stereocenters. The zero-order chi connectivity index (χ0) is 15.2. The van der Waals surface area contributed by atoms with Gasteiger partial charge in [-0.25, -0.2) is 4.98 Å². The molecule has 2 heterocycles. The number of nitrogens with zero attached hydrogens (tertiary/aromatic N) is 2. The maximum atomic E-state index is 11.9. The van der Waals surface area contributed by atoms with E-state index in [0.717, 1.165) is 30.9 Å². The average molecular weight is 327 g/mol. The van der Waals surface area contributed by atoms with E-state index in [9.17, 15) is 4.79 Å². The molecule has 1 aliphatic rings. The minimum Gasteiger partial charge on any atom is -0.357 e. The molecule has 0 bridgehead atoms. The molecule has 0 saturated carbocycles. The Morgan fingerprint density at radius 2 is 2.09 bits per heavy atom. The summed E-state index contributed by atoms with van der Waals surface area (Å²) in [7, 11) is 0. The Morgan fingerprint density at radius 1 is 1.41 bits per heavy atom. The first-order valence-corrected chi connectivity index (χ1v) is 7.85. The maximum absolute atomic E-state index is 11.9. The van der Waals surface area contributed by atoms with Crippen molar-refractivity contribution in [3.8, 4) is 0 Å². The summed E-state index contributed by atoms with van der Waals surface area (Å²) in [6, 6.07) is 3.61. The second-order valence-corrected chi connectivity index (χ2v) is 5.85. The number of aromatic nitrogens is 1. The molecule has 2 atom stereocenters. The van der Waals surface area contributed by atoms with Gasteiger partial charge in [0.1, 0.15) is 5.82 Å². The number of anilines is 1. The lowest BCUT2D eigenvalue weighted by Crippen LogP contribution is -2.44. The number of carbonyl (C=O) groups is 1. The Hall–Kier alpha value is -1.33. The SMILES string of the molecule is CCC(C)C(N)C(=O)NCc1ccc(N2CCCC2)nc1.Cl. The minimum atomic E-state index is -0.438. The summed E-state index contributed by atoms with van der Waals surface area (Å²) < 4.78 is 0. The second-order valence-electron chi connectivity index (χ2n) is 5.85. The first-order valence-electron chi connectivity index (χ1n) is 7.85. The van der Waals surface area contributed by atoms with Crippen LogP contribution in [0.4, 0.5) is 5.82 Å². The normalized spacial score (nSPS) is 16.8. The zero-order valence-corrected chi connectivity index (χ0v) is 14.2. The van der Waals surface area contributed by atoms with Crippen molar-refractivity contribution in [2.24, 2.45) is 11.7 Å². The highest BCUT2D eigenvalue weighted by Gasteiger charge is 2.19. The van der Waals surface area contributed by atoms with Crippen LogP contribution < -0.4 is 16.0 Å². The van der Waals surface area contributed by atoms with Crippen LogP contribution in [0.3, 0.4) is 0 Å². The lowest BCUT2D eigenvalue weighted by Gasteiger charge is -2.18. The van der Waals surface area contributed by atoms with E-state index in [4.69, 9.17) is 5.73 Å². The van der Waals surface area contributed by atoms with E-state index in [1.165, 1.54) is 12.8 Å². The smallest absolute Gasteiger partial charge is 0.237 e. The lowest BCUT2D eigenvalue weighted by molar-refractivity contribution is -0.123. The topological polar surface area (TPSA) is 71.2 Å². The zero-order valence-electron chi connectivity index (χ0n) is 13.4. The number of hydrogen-bond donors (Lipinski definition) is 2. The van der Waals surface area contributed by atoms with Gasteiger partial charge in [-0.15, -0.1) is 12.4 Å². The van der Waals surface area contributed by atoms with Crippen molar-refractivity contribution < 1.29 is 4.79 Å². The van der Waals surface area contributed by atoms with E-state index in [2.05, 4.69) is 15.2 Å². The van der Waals surface area contributed by atoms with E-state index < -0.39 is 6.04 Å². The van der Waals surface area contributed by atoms with Gasteiger partial charge in [0.25, 0.3) is 0 Å². The van der Waals surface area contributed by atoms with Crippen LogP contribution in [0.25, 0.3) is 0 Å². The molecule has 0 spiro atoms. The van der Waals surface area contributed by atoms with Crippen LogP contribution in [0.2, 0.25) is 0 Å². The fourth-order valence-corrected chi connectivity index (χ4v) is 2.47. The van der Waals surface area contributed by atoms with Gasteiger partial charge in [-0.2, -0.15) is 0 Å². The van der Waals surface area contributed by atoms with Gasteiger partial charge in [0.2, 0.25) is 5.91 Å². The number of nitrogens with two attached hydrogens (primary N) is 1. The monoisotopic (exact) mass is 326 g/mol. The highest BCUT2D eigenvalue weighted by Crippen LogP contribution is 2.17. The standard InChI is InChI=1S/C16H26N4O.ClH/c1-3-12(2)15(17)16(21)19-11-13-6-7-14(18-10-13)20-8-4-5-9-20;/h6-7,10,12,15H,3-5,8-9,11,17H2,1-2H3,(H,19,21);1H. The summed E-state index contributed by atoms with van der Waals surface area (Å²) in [5, 5.41) is 2.89. The molecule has 5 nitrogen and oxygen atoms in total. The van der Waals surface area contributed by atoms with Crippen molar-refractivity contribution >= 4 is 24.1 Å². The van der Waals surface area contributed by atoms with E-state index in [0.29, 0.717) is 6.54 Å². The summed E-state index contributed by atoms with van der Waals surface area (Å²) in [6.45, 7) is 6.70. The highest BCUT2D eigenvalue weighted by atomic mass is 35.5. The van der Waals surface area contributed by atoms with Gasteiger partial charge < -0.3 is 16.0 Å². The minimum absolute atomic E-state index is 0. The number of carbonyl (C=O) groups excluding carboxylic acids is 1. The maximum Gasteiger partial charge on any atom is 0.237 e. The van der Waals surface area contributed by atoms with Gasteiger partial charge in [-0.3, -0.25) is 4.79 Å². The summed E-state index contributed by atoms with van der Waals surface area (Å²) in [6.07, 6.45) is 5.23. The number of halogens is 1. The molecule has 3 N–H and O–H groups in total. The molecule has 1 amide bonds. The summed E-state index contributed by atoms with van der Waals surface area (Å²) in [5.41, 5.74) is 6.91. The molecule has 0 aliphatic carbocycles. The molecule has 124 valence electrons. The van der Waals surface area contributed by atoms with Gasteiger partial charge in [-0.1, -0.05) is 26.3 Å². The Bertz CT molecular complexity index is 460. The number of rotatable bonds is 6. The molecule has 22 heavy (non-hydrogen) atoms. The molecule has 0 radical (unpaired) electrons. The molecule has 1 aliphatic heterocycles. The summed E-state index contributed by atoms with van der Waals surface area (Å²) in [4.78, 5) is 18.7. The Kier molecular flexibility index (Phi) is 7.62. The quantitative estimate of drug-likeness (QED) is 0.839. The first kappa shape index (κ1) is 18.7. The van der Waals surface area contributed by atoms with Crippen molar-refractivity contribution in [3.05, 3.63) is 23.9 Å². The highest BCUT2D eigenvalue weighted by molar-refractivity contribution is 5.85. The molecule has 6 heteroatoms. The van der Waals surface area contributed by atoms with Crippen molar-refractivity contribution in [2.75, 3.05) is 18.0 Å². The number of amides is 1. The first-order chi connectivity index (χ1) is 10.1. The molecule has 1 aromatic rings. The van der Waals surface area contributed by atoms with Gasteiger partial charge in [0.15, 0.2) is 0 Å². The van der Waals surface area contributed by atoms with E-state index in [-0.39, 0.29) is 24.2 Å². The van der Waals surface area contributed by atoms with Crippen LogP contribution in [-0.4, -0.2) is 30.0 Å². The summed E-state index contributed by atoms with van der Waals surface area (Å²) in [5.74, 6) is 1.13. The third-order valence-electron chi connectivity index (χ3n) is 4.27. The predicted octanol–water partition coefficient (Wildman–Crippen LogP) is 2.09. The van der Waals surface area contributed by atoms with Crippen molar-refractivity contribution in [1.29, 1.82) is 0 Å². The van der Waals surface area contributed by atoms with Gasteiger partial charge in [-0.05, 0) is 30.4 Å². The average Bonchev–Trinajstić information content (AvgIpc) is 3.06. The van der Waals surface area contributed by atoms with Crippen LogP contribution in [-0.2, 0) is 11.3 Å². The van der Waals surface area contributed by atoms with Crippen LogP contribution in [0, 0.1) is 5.92 Å².